The quantitative estimate of drug-likeness (QED) is 0.380. The van der Waals surface area contributed by atoms with Gasteiger partial charge in [0.2, 0.25) is 0 Å². The van der Waals surface area contributed by atoms with Crippen molar-refractivity contribution in [1.29, 1.82) is 0 Å². The number of nitrogens with two attached hydrogens (primary N) is 1. The summed E-state index contributed by atoms with van der Waals surface area (Å²) in [4.78, 5) is 13.4. The van der Waals surface area contributed by atoms with E-state index in [0.29, 0.717) is 5.70 Å². The Morgan fingerprint density at radius 2 is 1.84 bits per heavy atom. The van der Waals surface area contributed by atoms with Crippen LogP contribution in [-0.4, -0.2) is 24.9 Å². The lowest BCUT2D eigenvalue weighted by atomic mass is 10.1. The summed E-state index contributed by atoms with van der Waals surface area (Å²) in [6.45, 7) is 0. The number of fused-ring (bicyclic) bond motifs is 1. The van der Waals surface area contributed by atoms with Crippen molar-refractivity contribution in [3.63, 3.8) is 0 Å². The molecule has 0 aromatic heterocycles. The van der Waals surface area contributed by atoms with Crippen LogP contribution in [-0.2, 0) is 4.79 Å². The molecule has 0 bridgehead atoms. The normalized spacial score (nSPS) is 11.4. The van der Waals surface area contributed by atoms with Crippen molar-refractivity contribution in [2.75, 3.05) is 14.1 Å². The Morgan fingerprint density at radius 3 is 2.47 bits per heavy atom. The number of hydrogen-bond donors (Lipinski definition) is 2. The Kier molecular flexibility index (Phi) is 3.82. The largest absolute Gasteiger partial charge is 0.373 e. The van der Waals surface area contributed by atoms with E-state index >= 15 is 0 Å². The van der Waals surface area contributed by atoms with Gasteiger partial charge in [-0.25, -0.2) is 5.84 Å². The molecular weight excluding hydrogens is 238 g/mol. The first-order valence-corrected chi connectivity index (χ1v) is 6.00. The monoisotopic (exact) mass is 255 g/mol. The van der Waals surface area contributed by atoms with Crippen LogP contribution < -0.4 is 11.3 Å². The molecule has 1 amide bonds. The first-order valence-electron chi connectivity index (χ1n) is 6.00. The van der Waals surface area contributed by atoms with E-state index in [9.17, 15) is 4.79 Å². The van der Waals surface area contributed by atoms with Crippen molar-refractivity contribution in [2.45, 2.75) is 0 Å². The lowest BCUT2D eigenvalue weighted by Gasteiger charge is -2.15. The van der Waals surface area contributed by atoms with E-state index in [4.69, 9.17) is 5.84 Å². The molecule has 98 valence electrons. The van der Waals surface area contributed by atoms with Gasteiger partial charge in [-0.3, -0.25) is 10.2 Å². The Hall–Kier alpha value is -2.33. The highest BCUT2D eigenvalue weighted by Crippen LogP contribution is 2.18. The van der Waals surface area contributed by atoms with Crippen molar-refractivity contribution in [1.82, 2.24) is 10.3 Å². The van der Waals surface area contributed by atoms with Gasteiger partial charge in [-0.1, -0.05) is 36.4 Å². The van der Waals surface area contributed by atoms with E-state index < -0.39 is 0 Å². The van der Waals surface area contributed by atoms with Gasteiger partial charge in [-0.05, 0) is 28.5 Å². The first-order chi connectivity index (χ1) is 9.11. The zero-order valence-electron chi connectivity index (χ0n) is 11.1. The molecule has 2 aromatic carbocycles. The van der Waals surface area contributed by atoms with Gasteiger partial charge in [0.15, 0.2) is 0 Å². The molecule has 0 atom stereocenters. The summed E-state index contributed by atoms with van der Waals surface area (Å²) in [5.41, 5.74) is 3.63. The van der Waals surface area contributed by atoms with E-state index in [1.807, 2.05) is 56.6 Å². The maximum Gasteiger partial charge on any atom is 0.281 e. The van der Waals surface area contributed by atoms with Gasteiger partial charge in [-0.15, -0.1) is 0 Å². The highest BCUT2D eigenvalue weighted by Gasteiger charge is 2.09. The molecule has 0 aliphatic heterocycles. The Bertz CT molecular complexity index is 632. The second-order valence-corrected chi connectivity index (χ2v) is 4.50. The fraction of sp³-hybridized carbons (Fsp3) is 0.133. The molecular formula is C15H17N3O. The van der Waals surface area contributed by atoms with Crippen LogP contribution in [0.3, 0.4) is 0 Å². The number of carbonyl (C=O) groups is 1. The zero-order valence-corrected chi connectivity index (χ0v) is 11.1. The zero-order chi connectivity index (χ0) is 13.8. The van der Waals surface area contributed by atoms with Crippen molar-refractivity contribution < 1.29 is 4.79 Å². The molecule has 4 heteroatoms. The van der Waals surface area contributed by atoms with Crippen LogP contribution in [0.5, 0.6) is 0 Å². The molecule has 0 aliphatic rings. The average molecular weight is 255 g/mol. The summed E-state index contributed by atoms with van der Waals surface area (Å²) >= 11 is 0. The first kappa shape index (κ1) is 13.1. The second kappa shape index (κ2) is 5.54. The number of nitrogens with one attached hydrogen (secondary N) is 1. The number of carbonyl (C=O) groups excluding carboxylic acids is 1. The fourth-order valence-corrected chi connectivity index (χ4v) is 1.93. The highest BCUT2D eigenvalue weighted by atomic mass is 16.2. The maximum atomic E-state index is 11.7. The minimum atomic E-state index is -0.307. The van der Waals surface area contributed by atoms with Crippen LogP contribution >= 0.6 is 0 Å². The minimum absolute atomic E-state index is 0.307. The van der Waals surface area contributed by atoms with E-state index in [0.717, 1.165) is 10.9 Å². The van der Waals surface area contributed by atoms with Crippen molar-refractivity contribution in [2.24, 2.45) is 5.84 Å². The summed E-state index contributed by atoms with van der Waals surface area (Å²) in [6.07, 6.45) is 1.81. The molecule has 0 spiro atoms. The third-order valence-electron chi connectivity index (χ3n) is 2.92. The maximum absolute atomic E-state index is 11.7. The fourth-order valence-electron chi connectivity index (χ4n) is 1.93. The number of hydrazine groups is 1. The third kappa shape index (κ3) is 2.92. The number of benzene rings is 2. The number of amides is 1. The predicted octanol–water partition coefficient (Wildman–Crippen LogP) is 1.73. The summed E-state index contributed by atoms with van der Waals surface area (Å²) in [5, 5.41) is 2.32. The van der Waals surface area contributed by atoms with Crippen LogP contribution in [0.15, 0.2) is 48.2 Å². The minimum Gasteiger partial charge on any atom is -0.373 e. The van der Waals surface area contributed by atoms with Gasteiger partial charge in [0.05, 0.1) is 0 Å². The van der Waals surface area contributed by atoms with E-state index in [2.05, 4.69) is 11.5 Å². The van der Waals surface area contributed by atoms with Crippen LogP contribution in [0.4, 0.5) is 0 Å². The molecule has 0 heterocycles. The van der Waals surface area contributed by atoms with Crippen LogP contribution in [0.25, 0.3) is 16.8 Å². The molecule has 0 saturated carbocycles. The summed E-state index contributed by atoms with van der Waals surface area (Å²) in [7, 11) is 3.62. The molecule has 0 saturated heterocycles. The summed E-state index contributed by atoms with van der Waals surface area (Å²) in [5.74, 6) is 4.88. The molecule has 0 aliphatic carbocycles. The van der Waals surface area contributed by atoms with E-state index in [1.165, 1.54) is 5.39 Å². The Labute approximate surface area is 112 Å². The van der Waals surface area contributed by atoms with Gasteiger partial charge in [0, 0.05) is 14.1 Å². The summed E-state index contributed by atoms with van der Waals surface area (Å²) in [6, 6.07) is 14.2. The Balaban J connectivity index is 2.45. The topological polar surface area (TPSA) is 58.4 Å². The van der Waals surface area contributed by atoms with E-state index in [-0.39, 0.29) is 5.91 Å². The van der Waals surface area contributed by atoms with Gasteiger partial charge in [0.25, 0.3) is 5.91 Å². The molecule has 2 aromatic rings. The smallest absolute Gasteiger partial charge is 0.281 e. The molecule has 0 radical (unpaired) electrons. The van der Waals surface area contributed by atoms with Crippen LogP contribution in [0, 0.1) is 0 Å². The third-order valence-corrected chi connectivity index (χ3v) is 2.92. The van der Waals surface area contributed by atoms with Gasteiger partial charge >= 0.3 is 0 Å². The number of nitrogens with zero attached hydrogens (tertiary/aromatic N) is 1. The van der Waals surface area contributed by atoms with Crippen LogP contribution in [0.1, 0.15) is 5.56 Å². The number of likely N-dealkylation sites (N-methyl/N-ethyl adjacent to an activating group) is 1. The molecule has 19 heavy (non-hydrogen) atoms. The lowest BCUT2D eigenvalue weighted by Crippen LogP contribution is -2.35. The molecule has 0 fully saturated rings. The second-order valence-electron chi connectivity index (χ2n) is 4.50. The molecule has 0 unspecified atom stereocenters. The predicted molar refractivity (Wildman–Crippen MR) is 77.9 cm³/mol. The SMILES string of the molecule is CN(C)/C(=C\c1ccc2ccccc2c1)C(=O)NN. The summed E-state index contributed by atoms with van der Waals surface area (Å²) < 4.78 is 0. The Morgan fingerprint density at radius 1 is 1.16 bits per heavy atom. The van der Waals surface area contributed by atoms with Crippen molar-refractivity contribution in [3.05, 3.63) is 53.7 Å². The van der Waals surface area contributed by atoms with Crippen molar-refractivity contribution >= 4 is 22.8 Å². The lowest BCUT2D eigenvalue weighted by molar-refractivity contribution is -0.118. The highest BCUT2D eigenvalue weighted by molar-refractivity contribution is 5.97. The van der Waals surface area contributed by atoms with Gasteiger partial charge in [-0.2, -0.15) is 0 Å². The molecule has 2 rings (SSSR count). The van der Waals surface area contributed by atoms with Crippen molar-refractivity contribution in [3.8, 4) is 0 Å². The van der Waals surface area contributed by atoms with Crippen LogP contribution in [0.2, 0.25) is 0 Å². The molecule has 3 N–H and O–H groups in total. The standard InChI is InChI=1S/C15H17N3O/c1-18(2)14(15(19)17-16)10-11-7-8-12-5-3-4-6-13(12)9-11/h3-10H,16H2,1-2H3,(H,17,19)/b14-10-. The number of hydrogen-bond acceptors (Lipinski definition) is 3. The number of rotatable bonds is 3. The average Bonchev–Trinajstić information content (AvgIpc) is 2.43. The van der Waals surface area contributed by atoms with E-state index in [1.54, 1.807) is 4.90 Å². The van der Waals surface area contributed by atoms with Gasteiger partial charge in [0.1, 0.15) is 5.70 Å². The molecule has 4 nitrogen and oxygen atoms in total. The van der Waals surface area contributed by atoms with Gasteiger partial charge < -0.3 is 4.90 Å².